The fourth-order valence-electron chi connectivity index (χ4n) is 5.12. The zero-order valence-corrected chi connectivity index (χ0v) is 27.2. The molecule has 0 aromatic rings. The third kappa shape index (κ3) is 28.2. The summed E-state index contributed by atoms with van der Waals surface area (Å²) >= 11 is 0. The van der Waals surface area contributed by atoms with Crippen LogP contribution in [0, 0.1) is 0 Å². The van der Waals surface area contributed by atoms with Gasteiger partial charge in [-0.25, -0.2) is 9.59 Å². The molecule has 0 saturated carbocycles. The van der Waals surface area contributed by atoms with Gasteiger partial charge in [0.25, 0.3) is 0 Å². The summed E-state index contributed by atoms with van der Waals surface area (Å²) in [7, 11) is 0. The maximum Gasteiger partial charge on any atom is 0.334 e. The van der Waals surface area contributed by atoms with Gasteiger partial charge in [-0.15, -0.1) is 0 Å². The lowest BCUT2D eigenvalue weighted by Crippen LogP contribution is -2.12. The first kappa shape index (κ1) is 38.7. The Morgan fingerprint density at radius 3 is 1.15 bits per heavy atom. The molecule has 0 atom stereocenters. The van der Waals surface area contributed by atoms with E-state index in [1.807, 2.05) is 0 Å². The normalized spacial score (nSPS) is 11.6. The molecule has 0 heterocycles. The Morgan fingerprint density at radius 2 is 0.750 bits per heavy atom. The largest absolute Gasteiger partial charge is 0.463 e. The minimum absolute atomic E-state index is 0.333. The van der Waals surface area contributed by atoms with Crippen molar-refractivity contribution in [3.05, 3.63) is 11.6 Å². The van der Waals surface area contributed by atoms with Crippen LogP contribution in [0.15, 0.2) is 11.6 Å². The van der Waals surface area contributed by atoms with Crippen molar-refractivity contribution in [2.45, 2.75) is 194 Å². The molecule has 0 bridgehead atoms. The SMILES string of the molecule is CCCCCCCCCCCCOC(=O)C=C(CCCCCCCC)C(=O)OCCCCCCCCCCCC. The monoisotopic (exact) mass is 565 g/mol. The van der Waals surface area contributed by atoms with Crippen molar-refractivity contribution < 1.29 is 19.1 Å². The van der Waals surface area contributed by atoms with E-state index < -0.39 is 5.97 Å². The first-order valence-corrected chi connectivity index (χ1v) is 17.7. The number of hydrogen-bond acceptors (Lipinski definition) is 4. The average molecular weight is 565 g/mol. The summed E-state index contributed by atoms with van der Waals surface area (Å²) in [4.78, 5) is 25.2. The molecule has 0 N–H and O–H groups in total. The second-order valence-electron chi connectivity index (χ2n) is 11.9. The van der Waals surface area contributed by atoms with Gasteiger partial charge in [0, 0.05) is 11.6 Å². The first-order chi connectivity index (χ1) is 19.7. The fraction of sp³-hybridized carbons (Fsp3) is 0.889. The molecule has 236 valence electrons. The van der Waals surface area contributed by atoms with Crippen molar-refractivity contribution in [1.82, 2.24) is 0 Å². The summed E-state index contributed by atoms with van der Waals surface area (Å²) in [5.74, 6) is -0.729. The number of ether oxygens (including phenoxy) is 2. The minimum atomic E-state index is -0.396. The minimum Gasteiger partial charge on any atom is -0.463 e. The molecule has 0 fully saturated rings. The Bertz CT molecular complexity index is 583. The van der Waals surface area contributed by atoms with E-state index in [4.69, 9.17) is 9.47 Å². The van der Waals surface area contributed by atoms with Gasteiger partial charge in [0.05, 0.1) is 13.2 Å². The molecule has 0 aromatic carbocycles. The van der Waals surface area contributed by atoms with E-state index in [0.29, 0.717) is 25.2 Å². The molecule has 4 nitrogen and oxygen atoms in total. The molecule has 4 heteroatoms. The Labute approximate surface area is 249 Å². The number of esters is 2. The van der Waals surface area contributed by atoms with E-state index in [1.165, 1.54) is 134 Å². The van der Waals surface area contributed by atoms with E-state index in [9.17, 15) is 9.59 Å². The molecule has 0 aliphatic carbocycles. The second kappa shape index (κ2) is 32.2. The highest BCUT2D eigenvalue weighted by Crippen LogP contribution is 2.15. The van der Waals surface area contributed by atoms with E-state index in [2.05, 4.69) is 20.8 Å². The average Bonchev–Trinajstić information content (AvgIpc) is 2.95. The summed E-state index contributed by atoms with van der Waals surface area (Å²) in [6, 6.07) is 0. The Hall–Kier alpha value is -1.32. The van der Waals surface area contributed by atoms with Crippen LogP contribution in [-0.2, 0) is 19.1 Å². The number of unbranched alkanes of at least 4 members (excludes halogenated alkanes) is 23. The topological polar surface area (TPSA) is 52.6 Å². The van der Waals surface area contributed by atoms with Gasteiger partial charge in [0.2, 0.25) is 0 Å². The quantitative estimate of drug-likeness (QED) is 0.0477. The van der Waals surface area contributed by atoms with Gasteiger partial charge in [-0.05, 0) is 25.7 Å². The summed E-state index contributed by atoms with van der Waals surface area (Å²) in [5, 5.41) is 0. The lowest BCUT2D eigenvalue weighted by atomic mass is 10.0. The van der Waals surface area contributed by atoms with Crippen LogP contribution in [0.2, 0.25) is 0 Å². The van der Waals surface area contributed by atoms with Crippen molar-refractivity contribution >= 4 is 11.9 Å². The van der Waals surface area contributed by atoms with Crippen LogP contribution >= 0.6 is 0 Å². The first-order valence-electron chi connectivity index (χ1n) is 17.7. The van der Waals surface area contributed by atoms with Gasteiger partial charge in [0.15, 0.2) is 0 Å². The van der Waals surface area contributed by atoms with Crippen LogP contribution in [0.25, 0.3) is 0 Å². The highest BCUT2D eigenvalue weighted by molar-refractivity contribution is 5.96. The molecule has 0 aliphatic heterocycles. The zero-order valence-electron chi connectivity index (χ0n) is 27.2. The van der Waals surface area contributed by atoms with Crippen LogP contribution < -0.4 is 0 Å². The number of carbonyl (C=O) groups excluding carboxylic acids is 2. The van der Waals surface area contributed by atoms with Crippen molar-refractivity contribution in [2.24, 2.45) is 0 Å². The maximum absolute atomic E-state index is 12.8. The summed E-state index contributed by atoms with van der Waals surface area (Å²) < 4.78 is 11.0. The van der Waals surface area contributed by atoms with Gasteiger partial charge >= 0.3 is 11.9 Å². The molecule has 0 spiro atoms. The Morgan fingerprint density at radius 1 is 0.425 bits per heavy atom. The van der Waals surface area contributed by atoms with Gasteiger partial charge in [-0.1, -0.05) is 168 Å². The standard InChI is InChI=1S/C36H68O4/c1-4-7-10-13-16-18-20-22-25-28-31-39-35(37)33-34(30-27-24-15-12-9-6-3)36(38)40-32-29-26-23-21-19-17-14-11-8-5-2/h33H,4-32H2,1-3H3. The van der Waals surface area contributed by atoms with Gasteiger partial charge < -0.3 is 9.47 Å². The molecule has 0 amide bonds. The number of carbonyl (C=O) groups is 2. The smallest absolute Gasteiger partial charge is 0.334 e. The zero-order chi connectivity index (χ0) is 29.4. The molecule has 0 saturated heterocycles. The van der Waals surface area contributed by atoms with Crippen LogP contribution in [-0.4, -0.2) is 25.2 Å². The summed E-state index contributed by atoms with van der Waals surface area (Å²) in [5.41, 5.74) is 0.482. The van der Waals surface area contributed by atoms with Crippen molar-refractivity contribution in [1.29, 1.82) is 0 Å². The number of hydrogen-bond donors (Lipinski definition) is 0. The predicted molar refractivity (Wildman–Crippen MR) is 172 cm³/mol. The highest BCUT2D eigenvalue weighted by Gasteiger charge is 2.14. The lowest BCUT2D eigenvalue weighted by Gasteiger charge is -2.09. The van der Waals surface area contributed by atoms with Crippen LogP contribution in [0.3, 0.4) is 0 Å². The molecule has 0 aliphatic rings. The maximum atomic E-state index is 12.8. The molecule has 0 rings (SSSR count). The van der Waals surface area contributed by atoms with Gasteiger partial charge in [-0.3, -0.25) is 0 Å². The van der Waals surface area contributed by atoms with Gasteiger partial charge in [-0.2, -0.15) is 0 Å². The van der Waals surface area contributed by atoms with Crippen LogP contribution in [0.4, 0.5) is 0 Å². The third-order valence-corrected chi connectivity index (χ3v) is 7.83. The lowest BCUT2D eigenvalue weighted by molar-refractivity contribution is -0.141. The second-order valence-corrected chi connectivity index (χ2v) is 11.9. The molecule has 0 unspecified atom stereocenters. The summed E-state index contributed by atoms with van der Waals surface area (Å²) in [6.45, 7) is 7.60. The van der Waals surface area contributed by atoms with Crippen molar-refractivity contribution in [3.63, 3.8) is 0 Å². The molecular weight excluding hydrogens is 496 g/mol. The predicted octanol–water partition coefficient (Wildman–Crippen LogP) is 11.6. The van der Waals surface area contributed by atoms with Crippen molar-refractivity contribution in [3.8, 4) is 0 Å². The summed E-state index contributed by atoms with van der Waals surface area (Å²) in [6.07, 6.45) is 33.9. The molecule has 40 heavy (non-hydrogen) atoms. The van der Waals surface area contributed by atoms with E-state index >= 15 is 0 Å². The highest BCUT2D eigenvalue weighted by atomic mass is 16.5. The molecule has 0 aromatic heterocycles. The number of rotatable bonds is 31. The Kier molecular flexibility index (Phi) is 31.1. The Balaban J connectivity index is 4.22. The van der Waals surface area contributed by atoms with Crippen LogP contribution in [0.5, 0.6) is 0 Å². The van der Waals surface area contributed by atoms with Gasteiger partial charge in [0.1, 0.15) is 0 Å². The van der Waals surface area contributed by atoms with E-state index in [1.54, 1.807) is 0 Å². The van der Waals surface area contributed by atoms with E-state index in [-0.39, 0.29) is 5.97 Å². The molecule has 0 radical (unpaired) electrons. The molecular formula is C36H68O4. The van der Waals surface area contributed by atoms with Crippen LogP contribution in [0.1, 0.15) is 194 Å². The van der Waals surface area contributed by atoms with E-state index in [0.717, 1.165) is 38.5 Å². The third-order valence-electron chi connectivity index (χ3n) is 7.83. The van der Waals surface area contributed by atoms with Crippen molar-refractivity contribution in [2.75, 3.05) is 13.2 Å². The fourth-order valence-corrected chi connectivity index (χ4v) is 5.12.